The number of nitrogens with one attached hydrogen (secondary N) is 1. The molecule has 1 N–H and O–H groups in total. The molecule has 0 aliphatic heterocycles. The van der Waals surface area contributed by atoms with Crippen LogP contribution in [0.2, 0.25) is 5.02 Å². The number of hydrogen-bond acceptors (Lipinski definition) is 5. The fourth-order valence-electron chi connectivity index (χ4n) is 1.81. The molecule has 7 heteroatoms. The molecule has 0 atom stereocenters. The maximum atomic E-state index is 11.8. The van der Waals surface area contributed by atoms with Crippen LogP contribution in [0.15, 0.2) is 52.5 Å². The van der Waals surface area contributed by atoms with Gasteiger partial charge in [0.2, 0.25) is 5.91 Å². The summed E-state index contributed by atoms with van der Waals surface area (Å²) in [6.07, 6.45) is 1.53. The van der Waals surface area contributed by atoms with Gasteiger partial charge in [-0.1, -0.05) is 11.6 Å². The van der Waals surface area contributed by atoms with Crippen molar-refractivity contribution in [1.29, 1.82) is 0 Å². The number of hydrazone groups is 1. The van der Waals surface area contributed by atoms with Gasteiger partial charge < -0.3 is 9.47 Å². The number of carbonyl (C=O) groups excluding carboxylic acids is 1. The van der Waals surface area contributed by atoms with Crippen LogP contribution in [0.3, 0.4) is 0 Å². The first kappa shape index (κ1) is 18.2. The van der Waals surface area contributed by atoms with Gasteiger partial charge in [-0.15, -0.1) is 11.8 Å². The van der Waals surface area contributed by atoms with E-state index in [1.807, 2.05) is 12.1 Å². The number of methoxy groups -OCH3 is 2. The highest BCUT2D eigenvalue weighted by Gasteiger charge is 2.04. The second-order valence-corrected chi connectivity index (χ2v) is 6.13. The predicted molar refractivity (Wildman–Crippen MR) is 97.5 cm³/mol. The first-order chi connectivity index (χ1) is 11.6. The Bertz CT molecular complexity index is 720. The Kier molecular flexibility index (Phi) is 6.96. The molecule has 2 rings (SSSR count). The Hall–Kier alpha value is -2.18. The third kappa shape index (κ3) is 5.47. The highest BCUT2D eigenvalue weighted by atomic mass is 35.5. The summed E-state index contributed by atoms with van der Waals surface area (Å²) >= 11 is 7.23. The van der Waals surface area contributed by atoms with Crippen molar-refractivity contribution >= 4 is 35.5 Å². The second-order valence-electron chi connectivity index (χ2n) is 4.64. The summed E-state index contributed by atoms with van der Waals surface area (Å²) in [5, 5.41) is 4.62. The van der Waals surface area contributed by atoms with Crippen molar-refractivity contribution in [3.8, 4) is 11.5 Å². The van der Waals surface area contributed by atoms with Crippen molar-refractivity contribution in [3.05, 3.63) is 53.1 Å². The largest absolute Gasteiger partial charge is 0.497 e. The normalized spacial score (nSPS) is 10.6. The number of ether oxygens (including phenoxy) is 2. The molecular formula is C17H17ClN2O3S. The topological polar surface area (TPSA) is 59.9 Å². The molecule has 5 nitrogen and oxygen atoms in total. The van der Waals surface area contributed by atoms with Crippen molar-refractivity contribution < 1.29 is 14.3 Å². The monoisotopic (exact) mass is 364 g/mol. The molecule has 0 heterocycles. The van der Waals surface area contributed by atoms with E-state index in [1.165, 1.54) is 18.0 Å². The minimum atomic E-state index is -0.196. The number of thioether (sulfide) groups is 1. The Labute approximate surface area is 150 Å². The van der Waals surface area contributed by atoms with E-state index < -0.39 is 0 Å². The molecule has 2 aromatic carbocycles. The number of rotatable bonds is 7. The number of hydrogen-bond donors (Lipinski definition) is 1. The van der Waals surface area contributed by atoms with Crippen LogP contribution in [-0.4, -0.2) is 32.1 Å². The van der Waals surface area contributed by atoms with Crippen LogP contribution in [0.1, 0.15) is 5.56 Å². The lowest BCUT2D eigenvalue weighted by molar-refractivity contribution is -0.118. The minimum absolute atomic E-state index is 0.196. The van der Waals surface area contributed by atoms with E-state index in [2.05, 4.69) is 10.5 Å². The van der Waals surface area contributed by atoms with Gasteiger partial charge in [-0.2, -0.15) is 5.10 Å². The third-order valence-corrected chi connectivity index (χ3v) is 4.28. The highest BCUT2D eigenvalue weighted by molar-refractivity contribution is 8.00. The van der Waals surface area contributed by atoms with E-state index >= 15 is 0 Å². The number of halogens is 1. The summed E-state index contributed by atoms with van der Waals surface area (Å²) in [6, 6.07) is 12.7. The van der Waals surface area contributed by atoms with E-state index in [4.69, 9.17) is 21.1 Å². The fourth-order valence-corrected chi connectivity index (χ4v) is 2.63. The number of nitrogens with zero attached hydrogens (tertiary/aromatic N) is 1. The highest BCUT2D eigenvalue weighted by Crippen LogP contribution is 2.23. The minimum Gasteiger partial charge on any atom is -0.497 e. The second kappa shape index (κ2) is 9.20. The molecule has 24 heavy (non-hydrogen) atoms. The first-order valence-corrected chi connectivity index (χ1v) is 8.41. The van der Waals surface area contributed by atoms with Gasteiger partial charge in [0.05, 0.1) is 26.2 Å². The molecule has 0 saturated heterocycles. The standard InChI is InChI=1S/C17H17ClN2O3S/c1-22-14-6-3-12(16(9-14)23-2)10-19-20-17(21)11-24-15-7-4-13(18)5-8-15/h3-10H,11H2,1-2H3,(H,20,21)/b19-10-. The maximum Gasteiger partial charge on any atom is 0.250 e. The van der Waals surface area contributed by atoms with Crippen molar-refractivity contribution in [1.82, 2.24) is 5.43 Å². The zero-order chi connectivity index (χ0) is 17.4. The van der Waals surface area contributed by atoms with Gasteiger partial charge in [-0.3, -0.25) is 4.79 Å². The zero-order valence-electron chi connectivity index (χ0n) is 13.3. The summed E-state index contributed by atoms with van der Waals surface area (Å²) in [5.41, 5.74) is 3.23. The van der Waals surface area contributed by atoms with Crippen LogP contribution in [-0.2, 0) is 4.79 Å². The summed E-state index contributed by atoms with van der Waals surface area (Å²) in [5.74, 6) is 1.37. The van der Waals surface area contributed by atoms with Gasteiger partial charge in [0, 0.05) is 21.5 Å². The summed E-state index contributed by atoms with van der Waals surface area (Å²) in [4.78, 5) is 12.8. The van der Waals surface area contributed by atoms with E-state index in [0.29, 0.717) is 16.5 Å². The van der Waals surface area contributed by atoms with Crippen LogP contribution in [0.25, 0.3) is 0 Å². The van der Waals surface area contributed by atoms with E-state index in [0.717, 1.165) is 10.5 Å². The van der Waals surface area contributed by atoms with Gasteiger partial charge >= 0.3 is 0 Å². The summed E-state index contributed by atoms with van der Waals surface area (Å²) < 4.78 is 10.4. The molecule has 1 amide bonds. The SMILES string of the molecule is COc1ccc(/C=N\NC(=O)CSc2ccc(Cl)cc2)c(OC)c1. The van der Waals surface area contributed by atoms with Crippen LogP contribution in [0, 0.1) is 0 Å². The van der Waals surface area contributed by atoms with E-state index in [9.17, 15) is 4.79 Å². The number of benzene rings is 2. The van der Waals surface area contributed by atoms with Crippen LogP contribution >= 0.6 is 23.4 Å². The van der Waals surface area contributed by atoms with Gasteiger partial charge in [-0.05, 0) is 36.4 Å². The Morgan fingerprint density at radius 2 is 1.96 bits per heavy atom. The quantitative estimate of drug-likeness (QED) is 0.463. The fraction of sp³-hybridized carbons (Fsp3) is 0.176. The molecule has 0 unspecified atom stereocenters. The smallest absolute Gasteiger partial charge is 0.250 e. The first-order valence-electron chi connectivity index (χ1n) is 7.04. The molecule has 0 bridgehead atoms. The molecule has 2 aromatic rings. The molecule has 0 radical (unpaired) electrons. The zero-order valence-corrected chi connectivity index (χ0v) is 14.9. The Morgan fingerprint density at radius 3 is 2.62 bits per heavy atom. The lowest BCUT2D eigenvalue weighted by atomic mass is 10.2. The average molecular weight is 365 g/mol. The van der Waals surface area contributed by atoms with Crippen molar-refractivity contribution in [2.45, 2.75) is 4.90 Å². The van der Waals surface area contributed by atoms with Gasteiger partial charge in [0.1, 0.15) is 11.5 Å². The third-order valence-electron chi connectivity index (χ3n) is 3.02. The molecule has 0 aromatic heterocycles. The van der Waals surface area contributed by atoms with Gasteiger partial charge in [-0.25, -0.2) is 5.43 Å². The lowest BCUT2D eigenvalue weighted by Gasteiger charge is -2.07. The van der Waals surface area contributed by atoms with Crippen molar-refractivity contribution in [2.24, 2.45) is 5.10 Å². The van der Waals surface area contributed by atoms with Crippen molar-refractivity contribution in [2.75, 3.05) is 20.0 Å². The molecule has 126 valence electrons. The number of carbonyl (C=O) groups is 1. The van der Waals surface area contributed by atoms with Gasteiger partial charge in [0.25, 0.3) is 0 Å². The maximum absolute atomic E-state index is 11.8. The molecule has 0 aliphatic carbocycles. The predicted octanol–water partition coefficient (Wildman–Crippen LogP) is 3.60. The summed E-state index contributed by atoms with van der Waals surface area (Å²) in [7, 11) is 3.15. The molecule has 0 spiro atoms. The average Bonchev–Trinajstić information content (AvgIpc) is 2.61. The van der Waals surface area contributed by atoms with E-state index in [-0.39, 0.29) is 11.7 Å². The molecular weight excluding hydrogens is 348 g/mol. The number of amides is 1. The lowest BCUT2D eigenvalue weighted by Crippen LogP contribution is -2.19. The van der Waals surface area contributed by atoms with Gasteiger partial charge in [0.15, 0.2) is 0 Å². The molecule has 0 fully saturated rings. The molecule has 0 aliphatic rings. The van der Waals surface area contributed by atoms with Crippen LogP contribution in [0.5, 0.6) is 11.5 Å². The molecule has 0 saturated carbocycles. The van der Waals surface area contributed by atoms with Crippen LogP contribution < -0.4 is 14.9 Å². The summed E-state index contributed by atoms with van der Waals surface area (Å²) in [6.45, 7) is 0. The van der Waals surface area contributed by atoms with Crippen LogP contribution in [0.4, 0.5) is 0 Å². The Balaban J connectivity index is 1.86. The Morgan fingerprint density at radius 1 is 1.21 bits per heavy atom. The van der Waals surface area contributed by atoms with E-state index in [1.54, 1.807) is 44.6 Å². The van der Waals surface area contributed by atoms with Crippen molar-refractivity contribution in [3.63, 3.8) is 0 Å².